The lowest BCUT2D eigenvalue weighted by Crippen LogP contribution is -2.36. The second-order valence-electron chi connectivity index (χ2n) is 7.64. The van der Waals surface area contributed by atoms with Crippen molar-refractivity contribution >= 4 is 41.3 Å². The molecule has 2 N–H and O–H groups in total. The Morgan fingerprint density at radius 3 is 2.59 bits per heavy atom. The molecule has 2 heterocycles. The Morgan fingerprint density at radius 2 is 1.93 bits per heavy atom. The van der Waals surface area contributed by atoms with Gasteiger partial charge in [0.15, 0.2) is 5.96 Å². The first-order valence-corrected chi connectivity index (χ1v) is 11.2. The third-order valence-corrected chi connectivity index (χ3v) is 6.13. The Balaban J connectivity index is 0.00000300. The Hall–Kier alpha value is -1.19. The fourth-order valence-corrected chi connectivity index (χ4v) is 4.20. The summed E-state index contributed by atoms with van der Waals surface area (Å²) in [6, 6.07) is 8.72. The lowest BCUT2D eigenvalue weighted by atomic mass is 9.98. The van der Waals surface area contributed by atoms with E-state index in [0.717, 1.165) is 30.0 Å². The number of rotatable bonds is 7. The van der Waals surface area contributed by atoms with E-state index in [2.05, 4.69) is 65.6 Å². The van der Waals surface area contributed by atoms with E-state index in [0.29, 0.717) is 13.1 Å². The molecule has 1 fully saturated rings. The van der Waals surface area contributed by atoms with E-state index < -0.39 is 0 Å². The van der Waals surface area contributed by atoms with Crippen LogP contribution in [0.4, 0.5) is 0 Å². The molecule has 1 aliphatic rings. The number of thiazole rings is 1. The van der Waals surface area contributed by atoms with E-state index in [-0.39, 0.29) is 24.0 Å². The average Bonchev–Trinajstić information content (AvgIpc) is 3.12. The Kier molecular flexibility index (Phi) is 10.4. The number of likely N-dealkylation sites (tertiary alicyclic amines) is 1. The molecule has 2 aromatic rings. The molecule has 29 heavy (non-hydrogen) atoms. The van der Waals surface area contributed by atoms with Gasteiger partial charge in [0.25, 0.3) is 0 Å². The molecular formula is C22H34IN5S. The Bertz CT molecular complexity index is 768. The third kappa shape index (κ3) is 7.86. The highest BCUT2D eigenvalue weighted by Crippen LogP contribution is 2.20. The van der Waals surface area contributed by atoms with Crippen molar-refractivity contribution in [2.24, 2.45) is 10.9 Å². The highest BCUT2D eigenvalue weighted by Gasteiger charge is 2.16. The Labute approximate surface area is 196 Å². The van der Waals surface area contributed by atoms with Crippen molar-refractivity contribution in [2.75, 3.05) is 19.6 Å². The topological polar surface area (TPSA) is 52.6 Å². The van der Waals surface area contributed by atoms with Gasteiger partial charge in [0, 0.05) is 24.2 Å². The molecule has 1 saturated heterocycles. The predicted octanol–water partition coefficient (Wildman–Crippen LogP) is 4.56. The van der Waals surface area contributed by atoms with E-state index >= 15 is 0 Å². The van der Waals surface area contributed by atoms with Crippen molar-refractivity contribution < 1.29 is 0 Å². The van der Waals surface area contributed by atoms with Crippen molar-refractivity contribution in [1.29, 1.82) is 0 Å². The van der Waals surface area contributed by atoms with Crippen LogP contribution < -0.4 is 10.6 Å². The van der Waals surface area contributed by atoms with Crippen molar-refractivity contribution in [1.82, 2.24) is 20.5 Å². The zero-order valence-electron chi connectivity index (χ0n) is 17.8. The van der Waals surface area contributed by atoms with Gasteiger partial charge in [-0.15, -0.1) is 35.3 Å². The highest BCUT2D eigenvalue weighted by molar-refractivity contribution is 14.0. The number of guanidine groups is 1. The number of hydrogen-bond acceptors (Lipinski definition) is 4. The van der Waals surface area contributed by atoms with Crippen LogP contribution in [0, 0.1) is 12.8 Å². The van der Waals surface area contributed by atoms with E-state index in [1.807, 2.05) is 6.20 Å². The second-order valence-corrected chi connectivity index (χ2v) is 8.96. The summed E-state index contributed by atoms with van der Waals surface area (Å²) in [7, 11) is 0. The van der Waals surface area contributed by atoms with Gasteiger partial charge in [-0.3, -0.25) is 4.90 Å². The van der Waals surface area contributed by atoms with Gasteiger partial charge in [0.1, 0.15) is 5.01 Å². The maximum atomic E-state index is 4.82. The average molecular weight is 528 g/mol. The minimum absolute atomic E-state index is 0. The predicted molar refractivity (Wildman–Crippen MR) is 134 cm³/mol. The van der Waals surface area contributed by atoms with Crippen LogP contribution in [-0.2, 0) is 19.6 Å². The molecule has 0 amide bonds. The second kappa shape index (κ2) is 12.5. The first-order valence-electron chi connectivity index (χ1n) is 10.4. The van der Waals surface area contributed by atoms with Crippen LogP contribution >= 0.6 is 35.3 Å². The molecule has 1 aromatic carbocycles. The molecule has 1 aromatic heterocycles. The van der Waals surface area contributed by atoms with Gasteiger partial charge in [-0.05, 0) is 56.8 Å². The molecular weight excluding hydrogens is 493 g/mol. The van der Waals surface area contributed by atoms with E-state index in [9.17, 15) is 0 Å². The van der Waals surface area contributed by atoms with Gasteiger partial charge in [-0.1, -0.05) is 31.2 Å². The fraction of sp³-hybridized carbons (Fsp3) is 0.545. The van der Waals surface area contributed by atoms with Crippen molar-refractivity contribution in [3.8, 4) is 0 Å². The number of halogens is 1. The number of nitrogens with zero attached hydrogens (tertiary/aromatic N) is 3. The minimum atomic E-state index is 0. The largest absolute Gasteiger partial charge is 0.357 e. The zero-order valence-corrected chi connectivity index (χ0v) is 20.9. The van der Waals surface area contributed by atoms with Gasteiger partial charge < -0.3 is 10.6 Å². The van der Waals surface area contributed by atoms with Crippen LogP contribution in [0.3, 0.4) is 0 Å². The van der Waals surface area contributed by atoms with Crippen molar-refractivity contribution in [2.45, 2.75) is 53.2 Å². The van der Waals surface area contributed by atoms with Crippen LogP contribution in [-0.4, -0.2) is 35.5 Å². The quantitative estimate of drug-likeness (QED) is 0.315. The molecule has 0 unspecified atom stereocenters. The summed E-state index contributed by atoms with van der Waals surface area (Å²) in [5.41, 5.74) is 2.70. The third-order valence-electron chi connectivity index (χ3n) is 5.22. The molecule has 0 bridgehead atoms. The fourth-order valence-electron chi connectivity index (χ4n) is 3.48. The lowest BCUT2D eigenvalue weighted by Gasteiger charge is -2.30. The van der Waals surface area contributed by atoms with Crippen LogP contribution in [0.2, 0.25) is 0 Å². The van der Waals surface area contributed by atoms with Crippen molar-refractivity contribution in [3.63, 3.8) is 0 Å². The van der Waals surface area contributed by atoms with Crippen molar-refractivity contribution in [3.05, 3.63) is 51.5 Å². The SMILES string of the molecule is CCNC(=NCc1ccccc1CN1CCC(C)CC1)NCc1ncc(C)s1.I. The smallest absolute Gasteiger partial charge is 0.191 e. The molecule has 0 radical (unpaired) electrons. The number of piperidine rings is 1. The highest BCUT2D eigenvalue weighted by atomic mass is 127. The molecule has 0 saturated carbocycles. The zero-order chi connectivity index (χ0) is 19.8. The van der Waals surface area contributed by atoms with Crippen LogP contribution in [0.5, 0.6) is 0 Å². The standard InChI is InChI=1S/C22H33N5S.HI/c1-4-23-22(26-15-21-24-13-18(3)28-21)25-14-19-7-5-6-8-20(19)16-27-11-9-17(2)10-12-27;/h5-8,13,17H,4,9-12,14-16H2,1-3H3,(H2,23,25,26);1H. The number of hydrogen-bond donors (Lipinski definition) is 2. The van der Waals surface area contributed by atoms with Crippen LogP contribution in [0.15, 0.2) is 35.5 Å². The maximum absolute atomic E-state index is 4.82. The van der Waals surface area contributed by atoms with Gasteiger partial charge in [-0.2, -0.15) is 0 Å². The minimum Gasteiger partial charge on any atom is -0.357 e. The van der Waals surface area contributed by atoms with Crippen LogP contribution in [0.25, 0.3) is 0 Å². The molecule has 0 spiro atoms. The molecule has 5 nitrogen and oxygen atoms in total. The van der Waals surface area contributed by atoms with E-state index in [1.165, 1.54) is 41.9 Å². The molecule has 1 aliphatic heterocycles. The van der Waals surface area contributed by atoms with Gasteiger partial charge >= 0.3 is 0 Å². The summed E-state index contributed by atoms with van der Waals surface area (Å²) < 4.78 is 0. The number of aryl methyl sites for hydroxylation is 1. The molecule has 0 atom stereocenters. The van der Waals surface area contributed by atoms with Crippen LogP contribution in [0.1, 0.15) is 47.7 Å². The normalized spacial score (nSPS) is 15.8. The Morgan fingerprint density at radius 1 is 1.21 bits per heavy atom. The van der Waals surface area contributed by atoms with E-state index in [4.69, 9.17) is 4.99 Å². The number of nitrogens with one attached hydrogen (secondary N) is 2. The lowest BCUT2D eigenvalue weighted by molar-refractivity contribution is 0.185. The number of benzene rings is 1. The molecule has 160 valence electrons. The summed E-state index contributed by atoms with van der Waals surface area (Å²) in [4.78, 5) is 13.1. The molecule has 3 rings (SSSR count). The first-order chi connectivity index (χ1) is 13.6. The first kappa shape index (κ1) is 24.1. The number of aromatic nitrogens is 1. The molecule has 7 heteroatoms. The number of aliphatic imine (C=N–C) groups is 1. The molecule has 0 aliphatic carbocycles. The summed E-state index contributed by atoms with van der Waals surface area (Å²) in [6.45, 7) is 12.2. The summed E-state index contributed by atoms with van der Waals surface area (Å²) >= 11 is 1.72. The van der Waals surface area contributed by atoms with E-state index in [1.54, 1.807) is 11.3 Å². The summed E-state index contributed by atoms with van der Waals surface area (Å²) in [6.07, 6.45) is 4.54. The van der Waals surface area contributed by atoms with Gasteiger partial charge in [0.2, 0.25) is 0 Å². The van der Waals surface area contributed by atoms with Gasteiger partial charge in [-0.25, -0.2) is 9.98 Å². The summed E-state index contributed by atoms with van der Waals surface area (Å²) in [5, 5.41) is 7.83. The summed E-state index contributed by atoms with van der Waals surface area (Å²) in [5.74, 6) is 1.71. The monoisotopic (exact) mass is 527 g/mol. The van der Waals surface area contributed by atoms with Gasteiger partial charge in [0.05, 0.1) is 13.1 Å². The maximum Gasteiger partial charge on any atom is 0.191 e.